The molecular formula is C40H54F3NO10. The Bertz CT molecular complexity index is 1600. The highest BCUT2D eigenvalue weighted by molar-refractivity contribution is 5.84. The molecule has 8 aliphatic heterocycles. The first-order chi connectivity index (χ1) is 25.6. The first-order valence-electron chi connectivity index (χ1n) is 20.1. The summed E-state index contributed by atoms with van der Waals surface area (Å²) in [5.41, 5.74) is -2.20. The molecule has 14 heteroatoms. The number of rotatable bonds is 5. The van der Waals surface area contributed by atoms with Crippen LogP contribution in [-0.2, 0) is 49.4 Å². The Morgan fingerprint density at radius 1 is 0.759 bits per heavy atom. The second-order valence-corrected chi connectivity index (χ2v) is 18.2. The van der Waals surface area contributed by atoms with E-state index in [2.05, 4.69) is 33.0 Å². The minimum atomic E-state index is -4.50. The summed E-state index contributed by atoms with van der Waals surface area (Å²) in [5.74, 6) is -0.941. The maximum atomic E-state index is 13.8. The van der Waals surface area contributed by atoms with E-state index in [1.807, 2.05) is 13.8 Å². The third-order valence-electron chi connectivity index (χ3n) is 15.1. The maximum absolute atomic E-state index is 13.8. The van der Waals surface area contributed by atoms with Crippen LogP contribution in [0.5, 0.6) is 0 Å². The lowest BCUT2D eigenvalue weighted by Gasteiger charge is -2.62. The van der Waals surface area contributed by atoms with Crippen LogP contribution in [-0.4, -0.2) is 59.8 Å². The number of ether oxygens (including phenoxy) is 5. The third-order valence-corrected chi connectivity index (χ3v) is 15.1. The number of benzene rings is 1. The van der Waals surface area contributed by atoms with E-state index < -0.39 is 71.5 Å². The molecule has 10 aliphatic rings. The highest BCUT2D eigenvalue weighted by atomic mass is 19.4. The van der Waals surface area contributed by atoms with Crippen molar-refractivity contribution in [2.75, 3.05) is 5.32 Å². The minimum Gasteiger partial charge on any atom is -0.443 e. The van der Waals surface area contributed by atoms with Crippen LogP contribution in [0.25, 0.3) is 0 Å². The van der Waals surface area contributed by atoms with E-state index in [1.54, 1.807) is 0 Å². The normalized spacial score (nSPS) is 49.9. The van der Waals surface area contributed by atoms with Gasteiger partial charge in [0.25, 0.3) is 0 Å². The van der Waals surface area contributed by atoms with Crippen LogP contribution in [0.15, 0.2) is 24.3 Å². The maximum Gasteiger partial charge on any atom is 0.416 e. The molecule has 10 fully saturated rings. The molecule has 11 nitrogen and oxygen atoms in total. The predicted molar refractivity (Wildman–Crippen MR) is 184 cm³/mol. The second-order valence-electron chi connectivity index (χ2n) is 18.2. The first-order valence-corrected chi connectivity index (χ1v) is 20.1. The monoisotopic (exact) mass is 765 g/mol. The van der Waals surface area contributed by atoms with Gasteiger partial charge in [-0.25, -0.2) is 24.3 Å². The van der Waals surface area contributed by atoms with Gasteiger partial charge in [0, 0.05) is 36.8 Å². The lowest BCUT2D eigenvalue weighted by Crippen LogP contribution is -2.72. The summed E-state index contributed by atoms with van der Waals surface area (Å²) < 4.78 is 73.5. The molecule has 1 aromatic rings. The van der Waals surface area contributed by atoms with Gasteiger partial charge in [0.2, 0.25) is 11.6 Å². The lowest BCUT2D eigenvalue weighted by atomic mass is 9.56. The zero-order valence-electron chi connectivity index (χ0n) is 31.9. The van der Waals surface area contributed by atoms with Crippen molar-refractivity contribution in [3.8, 4) is 0 Å². The van der Waals surface area contributed by atoms with Gasteiger partial charge >= 0.3 is 12.3 Å². The van der Waals surface area contributed by atoms with Gasteiger partial charge < -0.3 is 23.7 Å². The van der Waals surface area contributed by atoms with Crippen LogP contribution in [0, 0.1) is 47.3 Å². The predicted octanol–water partition coefficient (Wildman–Crippen LogP) is 8.51. The molecule has 54 heavy (non-hydrogen) atoms. The molecule has 0 aromatic heterocycles. The van der Waals surface area contributed by atoms with E-state index in [0.717, 1.165) is 50.7 Å². The fourth-order valence-corrected chi connectivity index (χ4v) is 12.1. The van der Waals surface area contributed by atoms with Crippen molar-refractivity contribution in [2.24, 2.45) is 47.3 Å². The Hall–Kier alpha value is -2.04. The summed E-state index contributed by atoms with van der Waals surface area (Å²) in [6.07, 6.45) is -1.40. The molecule has 300 valence electrons. The van der Waals surface area contributed by atoms with Gasteiger partial charge in [0.05, 0.1) is 11.7 Å². The number of carbonyl (C=O) groups excluding carboxylic acids is 1. The summed E-state index contributed by atoms with van der Waals surface area (Å²) >= 11 is 0. The molecule has 2 spiro atoms. The molecule has 0 unspecified atom stereocenters. The number of nitrogens with one attached hydrogen (secondary N) is 1. The molecule has 0 radical (unpaired) electrons. The molecule has 2 aliphatic carbocycles. The highest BCUT2D eigenvalue weighted by Gasteiger charge is 2.72. The largest absolute Gasteiger partial charge is 0.443 e. The van der Waals surface area contributed by atoms with Crippen LogP contribution in [0.3, 0.4) is 0 Å². The van der Waals surface area contributed by atoms with Gasteiger partial charge in [-0.1, -0.05) is 27.7 Å². The van der Waals surface area contributed by atoms with E-state index in [1.165, 1.54) is 12.1 Å². The van der Waals surface area contributed by atoms with Gasteiger partial charge in [-0.2, -0.15) is 13.2 Å². The Morgan fingerprint density at radius 3 is 1.85 bits per heavy atom. The molecule has 17 atom stereocenters. The number of carbonyl (C=O) groups is 1. The first kappa shape index (κ1) is 37.5. The molecule has 11 rings (SSSR count). The van der Waals surface area contributed by atoms with Crippen molar-refractivity contribution in [3.63, 3.8) is 0 Å². The average molecular weight is 766 g/mol. The van der Waals surface area contributed by atoms with Gasteiger partial charge in [-0.3, -0.25) is 5.32 Å². The highest BCUT2D eigenvalue weighted by Crippen LogP contribution is 2.63. The molecule has 1 amide bonds. The molecule has 1 aromatic carbocycles. The number of alkyl halides is 3. The lowest BCUT2D eigenvalue weighted by molar-refractivity contribution is -0.573. The van der Waals surface area contributed by atoms with Gasteiger partial charge in [0.1, 0.15) is 12.2 Å². The Balaban J connectivity index is 1.03. The smallest absolute Gasteiger partial charge is 0.416 e. The fraction of sp³-hybridized carbons (Fsp3) is 0.825. The van der Waals surface area contributed by atoms with Gasteiger partial charge in [0.15, 0.2) is 23.8 Å². The number of hydrogen-bond acceptors (Lipinski definition) is 10. The molecule has 1 N–H and O–H groups in total. The molecular weight excluding hydrogens is 711 g/mol. The number of halogens is 3. The van der Waals surface area contributed by atoms with Crippen molar-refractivity contribution in [1.29, 1.82) is 0 Å². The standard InChI is InChI=1S/C40H54F3NO10/c1-20-7-13-28-22(3)30(46-33-38(28)26(20)15-17-36(5,49-33)51-53-38)19-31(47-35(45)44-25-11-9-24(10-12-25)40(41,42)43)32-23(4)29-14-8-21(2)27-16-18-37(6)50-34(48-32)39(27,29)54-52-37/h9-12,20-23,26-34H,7-8,13-19H2,1-6H3,(H,44,45)/t20-,21-,22-,23-,26+,27+,28+,29+,30-,31+,32+,33-,34-,36-,37-,38-,39-/m1/s1. The topological polar surface area (TPSA) is 112 Å². The summed E-state index contributed by atoms with van der Waals surface area (Å²) in [6, 6.07) is 4.29. The molecule has 8 heterocycles. The number of anilines is 1. The average Bonchev–Trinajstić information content (AvgIpc) is 3.49. The van der Waals surface area contributed by atoms with Crippen molar-refractivity contribution >= 4 is 11.8 Å². The van der Waals surface area contributed by atoms with Gasteiger partial charge in [-0.05, 0) is 112 Å². The van der Waals surface area contributed by atoms with E-state index in [-0.39, 0.29) is 47.6 Å². The Morgan fingerprint density at radius 2 is 1.30 bits per heavy atom. The van der Waals surface area contributed by atoms with Crippen LogP contribution < -0.4 is 5.32 Å². The van der Waals surface area contributed by atoms with Crippen LogP contribution >= 0.6 is 0 Å². The minimum absolute atomic E-state index is 0.0193. The molecule has 2 saturated carbocycles. The van der Waals surface area contributed by atoms with Crippen LogP contribution in [0.4, 0.5) is 23.7 Å². The Labute approximate surface area is 314 Å². The van der Waals surface area contributed by atoms with E-state index in [9.17, 15) is 18.0 Å². The van der Waals surface area contributed by atoms with Crippen molar-refractivity contribution in [3.05, 3.63) is 29.8 Å². The van der Waals surface area contributed by atoms with Crippen molar-refractivity contribution in [2.45, 2.75) is 159 Å². The quantitative estimate of drug-likeness (QED) is 0.293. The summed E-state index contributed by atoms with van der Waals surface area (Å²) in [6.45, 7) is 12.6. The fourth-order valence-electron chi connectivity index (χ4n) is 12.1. The summed E-state index contributed by atoms with van der Waals surface area (Å²) in [7, 11) is 0. The van der Waals surface area contributed by atoms with Crippen LogP contribution in [0.1, 0.15) is 105 Å². The van der Waals surface area contributed by atoms with E-state index >= 15 is 0 Å². The molecule has 8 saturated heterocycles. The Kier molecular flexibility index (Phi) is 9.03. The van der Waals surface area contributed by atoms with Crippen molar-refractivity contribution < 1.29 is 61.2 Å². The number of fused-ring (bicyclic) bond motifs is 4. The van der Waals surface area contributed by atoms with Gasteiger partial charge in [-0.15, -0.1) is 0 Å². The molecule has 4 bridgehead atoms. The SMILES string of the molecule is C[C@H]1[C@@H]([C@H](C[C@H]2O[C@@H]3O[C@@]4(C)CC[C@H]5[C@H](C)CC[C@@H]([C@H]2C)[C@@]35OO4)OC(=O)Nc2ccc(C(F)(F)F)cc2)O[C@@H]2O[C@@]3(C)CC[C@H]4[C@H](C)CC[C@@H]1[C@@]24OO3. The zero-order chi connectivity index (χ0) is 38.0. The van der Waals surface area contributed by atoms with E-state index in [4.69, 9.17) is 43.2 Å². The van der Waals surface area contributed by atoms with Crippen molar-refractivity contribution in [1.82, 2.24) is 0 Å². The summed E-state index contributed by atoms with van der Waals surface area (Å²) in [5, 5.41) is 2.66. The summed E-state index contributed by atoms with van der Waals surface area (Å²) in [4.78, 5) is 38.6. The second kappa shape index (κ2) is 13.0. The third kappa shape index (κ3) is 5.78. The zero-order valence-corrected chi connectivity index (χ0v) is 31.9. The number of amides is 1. The van der Waals surface area contributed by atoms with E-state index in [0.29, 0.717) is 24.7 Å². The number of hydrogen-bond donors (Lipinski definition) is 1. The van der Waals surface area contributed by atoms with Crippen LogP contribution in [0.2, 0.25) is 0 Å².